The number of rotatable bonds is 5. The standard InChI is InChI=1S/C20H16ClN7O2/c1-22-11-7-8-15(23-10-11)25-16-9-14(17-19(26-16)27-28(2)20(17)29)24-13-6-4-5-12(21)18(13)30-3/h4-10H,2-3H3,(H3,23,24,25,26,27). The fourth-order valence-electron chi connectivity index (χ4n) is 3.00. The third-order valence-corrected chi connectivity index (χ3v) is 4.68. The first-order valence-electron chi connectivity index (χ1n) is 8.80. The summed E-state index contributed by atoms with van der Waals surface area (Å²) in [6, 6.07) is 10.3. The second-order valence-corrected chi connectivity index (χ2v) is 6.75. The minimum absolute atomic E-state index is 0.230. The molecule has 4 aromatic rings. The number of hydrogen-bond acceptors (Lipinski definition) is 6. The Balaban J connectivity index is 1.80. The molecule has 3 heterocycles. The van der Waals surface area contributed by atoms with Crippen molar-refractivity contribution in [3.8, 4) is 5.75 Å². The molecule has 3 aromatic heterocycles. The number of hydrogen-bond donors (Lipinski definition) is 3. The van der Waals surface area contributed by atoms with E-state index < -0.39 is 0 Å². The highest BCUT2D eigenvalue weighted by atomic mass is 35.5. The summed E-state index contributed by atoms with van der Waals surface area (Å²) in [5.41, 5.74) is 1.72. The summed E-state index contributed by atoms with van der Waals surface area (Å²) in [6.45, 7) is 7.02. The number of para-hydroxylation sites is 1. The fraction of sp³-hybridized carbons (Fsp3) is 0.100. The molecule has 0 atom stereocenters. The van der Waals surface area contributed by atoms with E-state index in [1.807, 2.05) is 0 Å². The van der Waals surface area contributed by atoms with Gasteiger partial charge in [0.25, 0.3) is 5.56 Å². The Morgan fingerprint density at radius 2 is 2.03 bits per heavy atom. The second-order valence-electron chi connectivity index (χ2n) is 6.34. The maximum absolute atomic E-state index is 12.6. The molecule has 0 aliphatic carbocycles. The number of anilines is 4. The van der Waals surface area contributed by atoms with E-state index in [1.54, 1.807) is 43.4 Å². The number of pyridine rings is 2. The molecule has 10 heteroatoms. The van der Waals surface area contributed by atoms with Gasteiger partial charge >= 0.3 is 0 Å². The van der Waals surface area contributed by atoms with E-state index in [0.29, 0.717) is 50.5 Å². The van der Waals surface area contributed by atoms with Gasteiger partial charge in [-0.05, 0) is 18.2 Å². The van der Waals surface area contributed by atoms with Crippen LogP contribution < -0.4 is 20.9 Å². The zero-order valence-electron chi connectivity index (χ0n) is 16.0. The zero-order chi connectivity index (χ0) is 21.3. The Morgan fingerprint density at radius 1 is 1.20 bits per heavy atom. The van der Waals surface area contributed by atoms with Crippen molar-refractivity contribution in [2.45, 2.75) is 0 Å². The highest BCUT2D eigenvalue weighted by Crippen LogP contribution is 2.36. The lowest BCUT2D eigenvalue weighted by Crippen LogP contribution is -2.12. The average molecular weight is 422 g/mol. The molecule has 3 N–H and O–H groups in total. The number of fused-ring (bicyclic) bond motifs is 1. The second kappa shape index (κ2) is 7.77. The molecule has 150 valence electrons. The van der Waals surface area contributed by atoms with E-state index in [2.05, 4.69) is 30.5 Å². The van der Waals surface area contributed by atoms with Crippen LogP contribution in [-0.4, -0.2) is 26.9 Å². The summed E-state index contributed by atoms with van der Waals surface area (Å²) in [5, 5.41) is 10.1. The van der Waals surface area contributed by atoms with E-state index in [1.165, 1.54) is 18.0 Å². The normalized spacial score (nSPS) is 10.6. The third-order valence-electron chi connectivity index (χ3n) is 4.39. The molecule has 0 saturated heterocycles. The molecule has 0 bridgehead atoms. The topological polar surface area (TPSA) is 101 Å². The number of methoxy groups -OCH3 is 1. The summed E-state index contributed by atoms with van der Waals surface area (Å²) < 4.78 is 6.74. The molecule has 0 aliphatic rings. The number of nitrogens with zero attached hydrogens (tertiary/aromatic N) is 4. The van der Waals surface area contributed by atoms with Crippen molar-refractivity contribution < 1.29 is 4.74 Å². The van der Waals surface area contributed by atoms with Crippen LogP contribution in [0.4, 0.5) is 28.7 Å². The van der Waals surface area contributed by atoms with E-state index in [9.17, 15) is 4.79 Å². The van der Waals surface area contributed by atoms with E-state index in [-0.39, 0.29) is 5.56 Å². The van der Waals surface area contributed by atoms with Crippen molar-refractivity contribution >= 4 is 51.3 Å². The van der Waals surface area contributed by atoms with Gasteiger partial charge in [0, 0.05) is 19.3 Å². The average Bonchev–Trinajstić information content (AvgIpc) is 3.02. The van der Waals surface area contributed by atoms with Crippen LogP contribution in [0.25, 0.3) is 15.9 Å². The summed E-state index contributed by atoms with van der Waals surface area (Å²) in [5.74, 6) is 1.43. The molecule has 0 radical (unpaired) electrons. The number of H-pyrrole nitrogens is 1. The molecule has 0 spiro atoms. The van der Waals surface area contributed by atoms with Gasteiger partial charge in [-0.3, -0.25) is 19.6 Å². The Hall–Kier alpha value is -4.03. The monoisotopic (exact) mass is 421 g/mol. The number of aromatic nitrogens is 4. The summed E-state index contributed by atoms with van der Waals surface area (Å²) in [7, 11) is 3.14. The quantitative estimate of drug-likeness (QED) is 0.414. The number of aryl methyl sites for hydroxylation is 1. The molecule has 1 aromatic carbocycles. The first-order valence-corrected chi connectivity index (χ1v) is 9.17. The molecular formula is C20H16ClN7O2. The first kappa shape index (κ1) is 19.3. The van der Waals surface area contributed by atoms with Crippen molar-refractivity contribution in [1.29, 1.82) is 0 Å². The number of nitrogens with one attached hydrogen (secondary N) is 3. The summed E-state index contributed by atoms with van der Waals surface area (Å²) >= 11 is 6.22. The third kappa shape index (κ3) is 3.52. The van der Waals surface area contributed by atoms with E-state index >= 15 is 0 Å². The lowest BCUT2D eigenvalue weighted by molar-refractivity contribution is 0.417. The van der Waals surface area contributed by atoms with Crippen LogP contribution in [0, 0.1) is 6.57 Å². The van der Waals surface area contributed by atoms with Crippen molar-refractivity contribution in [3.63, 3.8) is 0 Å². The lowest BCUT2D eigenvalue weighted by atomic mass is 10.2. The minimum Gasteiger partial charge on any atom is -0.493 e. The van der Waals surface area contributed by atoms with Crippen molar-refractivity contribution in [2.24, 2.45) is 7.05 Å². The Morgan fingerprint density at radius 3 is 2.73 bits per heavy atom. The zero-order valence-corrected chi connectivity index (χ0v) is 16.8. The Labute approximate surface area is 176 Å². The number of halogens is 1. The smallest absolute Gasteiger partial charge is 0.277 e. The van der Waals surface area contributed by atoms with Gasteiger partial charge in [-0.1, -0.05) is 23.7 Å². The van der Waals surface area contributed by atoms with E-state index in [0.717, 1.165) is 0 Å². The van der Waals surface area contributed by atoms with Gasteiger partial charge in [-0.15, -0.1) is 0 Å². The molecule has 4 rings (SSSR count). The SMILES string of the molecule is [C-]#[N+]c1ccc(Nc2cc(Nc3cccc(Cl)c3OC)c3c(=O)n(C)[nH]c3n2)nc1. The van der Waals surface area contributed by atoms with Gasteiger partial charge in [0.15, 0.2) is 11.4 Å². The first-order chi connectivity index (χ1) is 14.5. The lowest BCUT2D eigenvalue weighted by Gasteiger charge is -2.14. The Kier molecular flexibility index (Phi) is 5.00. The number of benzene rings is 1. The van der Waals surface area contributed by atoms with Crippen LogP contribution in [0.3, 0.4) is 0 Å². The molecule has 0 aliphatic heterocycles. The molecular weight excluding hydrogens is 406 g/mol. The molecule has 0 saturated carbocycles. The van der Waals surface area contributed by atoms with Crippen LogP contribution in [0.5, 0.6) is 5.75 Å². The van der Waals surface area contributed by atoms with Crippen LogP contribution in [0.1, 0.15) is 0 Å². The predicted octanol–water partition coefficient (Wildman–Crippen LogP) is 4.36. The molecule has 0 amide bonds. The number of aromatic amines is 1. The number of ether oxygens (including phenoxy) is 1. The molecule has 9 nitrogen and oxygen atoms in total. The van der Waals surface area contributed by atoms with Crippen LogP contribution >= 0.6 is 11.6 Å². The fourth-order valence-corrected chi connectivity index (χ4v) is 3.25. The summed E-state index contributed by atoms with van der Waals surface area (Å²) in [6.07, 6.45) is 1.47. The van der Waals surface area contributed by atoms with Gasteiger partial charge in [-0.25, -0.2) is 9.83 Å². The highest BCUT2D eigenvalue weighted by Gasteiger charge is 2.16. The van der Waals surface area contributed by atoms with Crippen molar-refractivity contribution in [3.05, 3.63) is 69.4 Å². The molecule has 0 fully saturated rings. The van der Waals surface area contributed by atoms with Gasteiger partial charge < -0.3 is 15.4 Å². The van der Waals surface area contributed by atoms with Gasteiger partial charge in [0.1, 0.15) is 17.0 Å². The van der Waals surface area contributed by atoms with Crippen LogP contribution in [-0.2, 0) is 7.05 Å². The van der Waals surface area contributed by atoms with Crippen molar-refractivity contribution in [1.82, 2.24) is 19.7 Å². The van der Waals surface area contributed by atoms with Gasteiger partial charge in [-0.2, -0.15) is 0 Å². The van der Waals surface area contributed by atoms with Gasteiger partial charge in [0.2, 0.25) is 5.69 Å². The largest absolute Gasteiger partial charge is 0.493 e. The maximum Gasteiger partial charge on any atom is 0.277 e. The Bertz CT molecular complexity index is 1340. The minimum atomic E-state index is -0.230. The molecule has 0 unspecified atom stereocenters. The maximum atomic E-state index is 12.6. The highest BCUT2D eigenvalue weighted by molar-refractivity contribution is 6.32. The van der Waals surface area contributed by atoms with Crippen LogP contribution in [0.2, 0.25) is 5.02 Å². The van der Waals surface area contributed by atoms with E-state index in [4.69, 9.17) is 22.9 Å². The molecule has 30 heavy (non-hydrogen) atoms. The van der Waals surface area contributed by atoms with Crippen molar-refractivity contribution in [2.75, 3.05) is 17.7 Å². The summed E-state index contributed by atoms with van der Waals surface area (Å²) in [4.78, 5) is 24.6. The predicted molar refractivity (Wildman–Crippen MR) is 116 cm³/mol. The van der Waals surface area contributed by atoms with Crippen LogP contribution in [0.15, 0.2) is 47.4 Å². The van der Waals surface area contributed by atoms with Gasteiger partial charge in [0.05, 0.1) is 30.1 Å².